The van der Waals surface area contributed by atoms with Crippen LogP contribution in [0.5, 0.6) is 0 Å². The van der Waals surface area contributed by atoms with Crippen LogP contribution in [0.3, 0.4) is 0 Å². The maximum absolute atomic E-state index is 2.68. The van der Waals surface area contributed by atoms with Gasteiger partial charge in [-0.2, -0.15) is 0 Å². The zero-order valence-electron chi connectivity index (χ0n) is 14.6. The molecule has 0 nitrogen and oxygen atoms in total. The van der Waals surface area contributed by atoms with Crippen molar-refractivity contribution in [1.82, 2.24) is 0 Å². The standard InChI is InChI=1S/C20H36/c1-6-19(4)13-10-16-15(14-19)8-9-17-18(2,3)11-7-12-20(16,17)5/h15-17H,6-14H2,1-5H3/t15?,16?,17?,19-,20-/m1/s1. The summed E-state index contributed by atoms with van der Waals surface area (Å²) in [6.07, 6.45) is 13.5. The average molecular weight is 277 g/mol. The van der Waals surface area contributed by atoms with E-state index >= 15 is 0 Å². The summed E-state index contributed by atoms with van der Waals surface area (Å²) in [5, 5.41) is 0. The SMILES string of the molecule is CC[C@]1(C)CCC2C(CCC3C(C)(C)CCC[C@]23C)C1. The smallest absolute Gasteiger partial charge is 0.0261 e. The summed E-state index contributed by atoms with van der Waals surface area (Å²) >= 11 is 0. The number of rotatable bonds is 1. The van der Waals surface area contributed by atoms with Gasteiger partial charge in [-0.25, -0.2) is 0 Å². The molecular formula is C20H36. The minimum absolute atomic E-state index is 0.601. The Kier molecular flexibility index (Phi) is 3.54. The van der Waals surface area contributed by atoms with Crippen LogP contribution in [0.2, 0.25) is 0 Å². The molecule has 0 N–H and O–H groups in total. The van der Waals surface area contributed by atoms with E-state index in [0.717, 1.165) is 17.8 Å². The second-order valence-corrected chi connectivity index (χ2v) is 9.75. The van der Waals surface area contributed by atoms with Gasteiger partial charge in [-0.15, -0.1) is 0 Å². The summed E-state index contributed by atoms with van der Waals surface area (Å²) < 4.78 is 0. The molecule has 0 aromatic carbocycles. The summed E-state index contributed by atoms with van der Waals surface area (Å²) in [7, 11) is 0. The van der Waals surface area contributed by atoms with Crippen molar-refractivity contribution >= 4 is 0 Å². The van der Waals surface area contributed by atoms with Crippen molar-refractivity contribution < 1.29 is 0 Å². The van der Waals surface area contributed by atoms with Crippen molar-refractivity contribution in [3.05, 3.63) is 0 Å². The largest absolute Gasteiger partial charge is 0.0649 e. The van der Waals surface area contributed by atoms with Crippen LogP contribution in [0.25, 0.3) is 0 Å². The minimum atomic E-state index is 0.601. The van der Waals surface area contributed by atoms with Crippen LogP contribution in [0, 0.1) is 34.0 Å². The number of fused-ring (bicyclic) bond motifs is 3. The molecule has 3 saturated carbocycles. The molecule has 0 aromatic rings. The maximum Gasteiger partial charge on any atom is -0.0261 e. The molecule has 3 unspecified atom stereocenters. The molecule has 0 bridgehead atoms. The Bertz CT molecular complexity index is 368. The van der Waals surface area contributed by atoms with Gasteiger partial charge >= 0.3 is 0 Å². The zero-order valence-corrected chi connectivity index (χ0v) is 14.6. The first kappa shape index (κ1) is 14.9. The molecule has 0 saturated heterocycles. The predicted octanol–water partition coefficient (Wildman–Crippen LogP) is 6.45. The van der Waals surface area contributed by atoms with Gasteiger partial charge in [0.1, 0.15) is 0 Å². The highest BCUT2D eigenvalue weighted by molar-refractivity contribution is 5.05. The van der Waals surface area contributed by atoms with Gasteiger partial charge in [0.25, 0.3) is 0 Å². The minimum Gasteiger partial charge on any atom is -0.0649 e. The topological polar surface area (TPSA) is 0 Å². The van der Waals surface area contributed by atoms with Gasteiger partial charge in [0.05, 0.1) is 0 Å². The highest BCUT2D eigenvalue weighted by Gasteiger charge is 2.56. The van der Waals surface area contributed by atoms with E-state index in [1.54, 1.807) is 0 Å². The molecule has 0 aromatic heterocycles. The van der Waals surface area contributed by atoms with E-state index in [1.807, 2.05) is 0 Å². The molecule has 116 valence electrons. The molecule has 0 amide bonds. The fourth-order valence-corrected chi connectivity index (χ4v) is 6.82. The maximum atomic E-state index is 2.68. The molecule has 0 radical (unpaired) electrons. The van der Waals surface area contributed by atoms with Crippen molar-refractivity contribution in [2.45, 2.75) is 92.4 Å². The van der Waals surface area contributed by atoms with Gasteiger partial charge < -0.3 is 0 Å². The Morgan fingerprint density at radius 2 is 1.65 bits per heavy atom. The van der Waals surface area contributed by atoms with Crippen LogP contribution in [0.4, 0.5) is 0 Å². The normalized spacial score (nSPS) is 51.1. The summed E-state index contributed by atoms with van der Waals surface area (Å²) in [5.41, 5.74) is 1.93. The summed E-state index contributed by atoms with van der Waals surface area (Å²) in [6.45, 7) is 12.8. The van der Waals surface area contributed by atoms with Crippen molar-refractivity contribution in [3.8, 4) is 0 Å². The molecule has 3 aliphatic rings. The molecule has 5 atom stereocenters. The second-order valence-electron chi connectivity index (χ2n) is 9.75. The quantitative estimate of drug-likeness (QED) is 0.516. The molecule has 3 rings (SSSR count). The van der Waals surface area contributed by atoms with E-state index in [-0.39, 0.29) is 0 Å². The van der Waals surface area contributed by atoms with Crippen LogP contribution < -0.4 is 0 Å². The molecule has 0 spiro atoms. The van der Waals surface area contributed by atoms with Gasteiger partial charge in [-0.3, -0.25) is 0 Å². The van der Waals surface area contributed by atoms with Crippen LogP contribution in [-0.4, -0.2) is 0 Å². The Balaban J connectivity index is 1.85. The Labute approximate surface area is 127 Å². The van der Waals surface area contributed by atoms with Crippen molar-refractivity contribution in [3.63, 3.8) is 0 Å². The van der Waals surface area contributed by atoms with E-state index in [1.165, 1.54) is 57.8 Å². The fraction of sp³-hybridized carbons (Fsp3) is 1.00. The summed E-state index contributed by atoms with van der Waals surface area (Å²) in [5.74, 6) is 3.08. The monoisotopic (exact) mass is 276 g/mol. The predicted molar refractivity (Wildman–Crippen MR) is 87.7 cm³/mol. The fourth-order valence-electron chi connectivity index (χ4n) is 6.82. The molecule has 3 fully saturated rings. The Hall–Kier alpha value is 0. The molecular weight excluding hydrogens is 240 g/mol. The van der Waals surface area contributed by atoms with Gasteiger partial charge in [-0.1, -0.05) is 47.5 Å². The lowest BCUT2D eigenvalue weighted by molar-refractivity contribution is -0.124. The lowest BCUT2D eigenvalue weighted by atomic mass is 9.43. The van der Waals surface area contributed by atoms with Crippen molar-refractivity contribution in [2.24, 2.45) is 34.0 Å². The third kappa shape index (κ3) is 2.17. The second kappa shape index (κ2) is 4.75. The van der Waals surface area contributed by atoms with Gasteiger partial charge in [0, 0.05) is 0 Å². The van der Waals surface area contributed by atoms with Crippen molar-refractivity contribution in [2.75, 3.05) is 0 Å². The Morgan fingerprint density at radius 1 is 0.900 bits per heavy atom. The first-order chi connectivity index (χ1) is 9.31. The van der Waals surface area contributed by atoms with Gasteiger partial charge in [0.2, 0.25) is 0 Å². The first-order valence-corrected chi connectivity index (χ1v) is 9.31. The third-order valence-electron chi connectivity index (χ3n) is 8.19. The van der Waals surface area contributed by atoms with E-state index in [4.69, 9.17) is 0 Å². The lowest BCUT2D eigenvalue weighted by Gasteiger charge is -2.62. The lowest BCUT2D eigenvalue weighted by Crippen LogP contribution is -2.53. The van der Waals surface area contributed by atoms with Gasteiger partial charge in [-0.05, 0) is 78.9 Å². The number of hydrogen-bond acceptors (Lipinski definition) is 0. The molecule has 0 heterocycles. The van der Waals surface area contributed by atoms with Crippen molar-refractivity contribution in [1.29, 1.82) is 0 Å². The zero-order chi connectivity index (χ0) is 14.6. The molecule has 0 aliphatic heterocycles. The Morgan fingerprint density at radius 3 is 2.35 bits per heavy atom. The van der Waals surface area contributed by atoms with E-state index < -0.39 is 0 Å². The molecule has 20 heavy (non-hydrogen) atoms. The first-order valence-electron chi connectivity index (χ1n) is 9.31. The average Bonchev–Trinajstić information content (AvgIpc) is 2.37. The summed E-state index contributed by atoms with van der Waals surface area (Å²) in [6, 6.07) is 0. The van der Waals surface area contributed by atoms with Crippen LogP contribution in [-0.2, 0) is 0 Å². The van der Waals surface area contributed by atoms with E-state index in [2.05, 4.69) is 34.6 Å². The highest BCUT2D eigenvalue weighted by Crippen LogP contribution is 2.65. The molecule has 3 aliphatic carbocycles. The highest BCUT2D eigenvalue weighted by atomic mass is 14.6. The number of hydrogen-bond donors (Lipinski definition) is 0. The van der Waals surface area contributed by atoms with Crippen LogP contribution in [0.1, 0.15) is 92.4 Å². The van der Waals surface area contributed by atoms with Crippen LogP contribution >= 0.6 is 0 Å². The summed E-state index contributed by atoms with van der Waals surface area (Å²) in [4.78, 5) is 0. The van der Waals surface area contributed by atoms with E-state index in [0.29, 0.717) is 16.2 Å². The van der Waals surface area contributed by atoms with Gasteiger partial charge in [0.15, 0.2) is 0 Å². The third-order valence-corrected chi connectivity index (χ3v) is 8.19. The molecule has 0 heteroatoms. The van der Waals surface area contributed by atoms with E-state index in [9.17, 15) is 0 Å². The van der Waals surface area contributed by atoms with Crippen LogP contribution in [0.15, 0.2) is 0 Å².